The van der Waals surface area contributed by atoms with E-state index in [4.69, 9.17) is 16.2 Å². The molecule has 1 aliphatic rings. The predicted octanol–water partition coefficient (Wildman–Crippen LogP) is -2.15. The molecule has 0 unspecified atom stereocenters. The van der Waals surface area contributed by atoms with Gasteiger partial charge < -0.3 is 26.4 Å². The Bertz CT molecular complexity index is 1030. The van der Waals surface area contributed by atoms with Gasteiger partial charge >= 0.3 is 0 Å². The number of nitrogens with zero attached hydrogens (tertiary/aromatic N) is 4. The third-order valence-electron chi connectivity index (χ3n) is 4.70. The Morgan fingerprint density at radius 1 is 1.30 bits per heavy atom. The van der Waals surface area contributed by atoms with Crippen LogP contribution in [0.3, 0.4) is 0 Å². The van der Waals surface area contributed by atoms with E-state index in [2.05, 4.69) is 15.0 Å². The fourth-order valence-corrected chi connectivity index (χ4v) is 4.50. The molecule has 5 atom stereocenters. The van der Waals surface area contributed by atoms with E-state index in [1.165, 1.54) is 17.2 Å². The number of nitrogens with two attached hydrogens (primary N) is 2. The Morgan fingerprint density at radius 3 is 2.67 bits per heavy atom. The number of anilines is 1. The minimum absolute atomic E-state index is 0.104. The third-order valence-corrected chi connectivity index (χ3v) is 5.98. The second kappa shape index (κ2) is 8.39. The van der Waals surface area contributed by atoms with Crippen LogP contribution in [0, 0.1) is 5.92 Å². The standard InChI is InChI=1S/C16H25N7O6S/c1-7(2)3-8(17)15(26)22-30(27,28)4-9-11(24)12(25)16(29-9)23-6-21-10-13(18)19-5-20-14(10)23/h5-9,11-12,16,24-25H,3-4,17H2,1-2H3,(H,22,26)(H2,18,19,20)/t8-,9+,11+,12+,16+/m0/s1. The lowest BCUT2D eigenvalue weighted by Crippen LogP contribution is -2.47. The highest BCUT2D eigenvalue weighted by atomic mass is 32.2. The van der Waals surface area contributed by atoms with Gasteiger partial charge in [0.15, 0.2) is 17.7 Å². The molecule has 1 aliphatic heterocycles. The second-order valence-electron chi connectivity index (χ2n) is 7.61. The summed E-state index contributed by atoms with van der Waals surface area (Å²) in [6, 6.07) is -0.991. The van der Waals surface area contributed by atoms with Gasteiger partial charge in [0.2, 0.25) is 15.9 Å². The number of amides is 1. The lowest BCUT2D eigenvalue weighted by atomic mass is 10.0. The summed E-state index contributed by atoms with van der Waals surface area (Å²) in [5.41, 5.74) is 12.0. The Kier molecular flexibility index (Phi) is 6.24. The third kappa shape index (κ3) is 4.52. The number of ether oxygens (including phenoxy) is 1. The average Bonchev–Trinajstić information content (AvgIpc) is 3.18. The van der Waals surface area contributed by atoms with Crippen molar-refractivity contribution in [3.63, 3.8) is 0 Å². The van der Waals surface area contributed by atoms with Crippen LogP contribution in [0.25, 0.3) is 11.2 Å². The van der Waals surface area contributed by atoms with Gasteiger partial charge in [0.05, 0.1) is 18.1 Å². The highest BCUT2D eigenvalue weighted by molar-refractivity contribution is 7.90. The van der Waals surface area contributed by atoms with Crippen molar-refractivity contribution in [3.8, 4) is 0 Å². The van der Waals surface area contributed by atoms with Crippen molar-refractivity contribution in [2.24, 2.45) is 11.7 Å². The van der Waals surface area contributed by atoms with Crippen LogP contribution < -0.4 is 16.2 Å². The van der Waals surface area contributed by atoms with Gasteiger partial charge in [-0.3, -0.25) is 14.1 Å². The van der Waals surface area contributed by atoms with Gasteiger partial charge in [-0.15, -0.1) is 0 Å². The van der Waals surface area contributed by atoms with E-state index in [9.17, 15) is 23.4 Å². The molecule has 13 nitrogen and oxygen atoms in total. The zero-order valence-corrected chi connectivity index (χ0v) is 17.2. The molecule has 0 aliphatic carbocycles. The number of sulfonamides is 1. The van der Waals surface area contributed by atoms with E-state index in [-0.39, 0.29) is 22.9 Å². The first kappa shape index (κ1) is 22.3. The fraction of sp³-hybridized carbons (Fsp3) is 0.625. The van der Waals surface area contributed by atoms with E-state index in [1.807, 2.05) is 18.6 Å². The lowest BCUT2D eigenvalue weighted by Gasteiger charge is -2.17. The molecular formula is C16H25N7O6S. The summed E-state index contributed by atoms with van der Waals surface area (Å²) in [6.45, 7) is 3.70. The first-order chi connectivity index (χ1) is 14.0. The van der Waals surface area contributed by atoms with Crippen molar-refractivity contribution in [2.75, 3.05) is 11.5 Å². The molecule has 0 saturated carbocycles. The van der Waals surface area contributed by atoms with Gasteiger partial charge in [-0.05, 0) is 12.3 Å². The molecule has 0 spiro atoms. The number of nitrogens with one attached hydrogen (secondary N) is 1. The van der Waals surface area contributed by atoms with Crippen LogP contribution in [0.15, 0.2) is 12.7 Å². The second-order valence-corrected chi connectivity index (χ2v) is 9.38. The molecule has 1 saturated heterocycles. The Morgan fingerprint density at radius 2 is 2.00 bits per heavy atom. The number of nitrogen functional groups attached to an aromatic ring is 1. The van der Waals surface area contributed by atoms with Crippen LogP contribution in [0.5, 0.6) is 0 Å². The van der Waals surface area contributed by atoms with E-state index >= 15 is 0 Å². The monoisotopic (exact) mass is 443 g/mol. The van der Waals surface area contributed by atoms with E-state index in [0.717, 1.165) is 0 Å². The number of hydrogen-bond acceptors (Lipinski definition) is 11. The number of carbonyl (C=O) groups excluding carboxylic acids is 1. The van der Waals surface area contributed by atoms with Crippen molar-refractivity contribution in [1.29, 1.82) is 0 Å². The lowest BCUT2D eigenvalue weighted by molar-refractivity contribution is -0.120. The van der Waals surface area contributed by atoms with Crippen molar-refractivity contribution in [2.45, 2.75) is 50.8 Å². The molecular weight excluding hydrogens is 418 g/mol. The summed E-state index contributed by atoms with van der Waals surface area (Å²) in [4.78, 5) is 23.9. The SMILES string of the molecule is CC(C)C[C@H](N)C(=O)NS(=O)(=O)C[C@H]1O[C@@H](n2cnc3c(N)ncnc32)[C@H](O)[C@@H]1O. The number of aromatic nitrogens is 4. The van der Waals surface area contributed by atoms with Gasteiger partial charge in [-0.2, -0.15) is 0 Å². The Balaban J connectivity index is 1.73. The number of aliphatic hydroxyl groups excluding tert-OH is 2. The van der Waals surface area contributed by atoms with Crippen molar-refractivity contribution >= 4 is 32.9 Å². The number of fused-ring (bicyclic) bond motifs is 1. The molecule has 2 aromatic heterocycles. The van der Waals surface area contributed by atoms with Crippen LogP contribution in [0.2, 0.25) is 0 Å². The minimum Gasteiger partial charge on any atom is -0.387 e. The average molecular weight is 443 g/mol. The zero-order valence-electron chi connectivity index (χ0n) is 16.4. The van der Waals surface area contributed by atoms with Gasteiger partial charge in [-0.1, -0.05) is 13.8 Å². The number of carbonyl (C=O) groups is 1. The normalized spacial score (nSPS) is 25.7. The minimum atomic E-state index is -4.19. The number of rotatable bonds is 7. The molecule has 30 heavy (non-hydrogen) atoms. The van der Waals surface area contributed by atoms with E-state index in [0.29, 0.717) is 6.42 Å². The molecule has 7 N–H and O–H groups in total. The first-order valence-electron chi connectivity index (χ1n) is 9.24. The molecule has 3 rings (SSSR count). The Hall–Kier alpha value is -2.39. The van der Waals surface area contributed by atoms with Crippen LogP contribution >= 0.6 is 0 Å². The summed E-state index contributed by atoms with van der Waals surface area (Å²) in [7, 11) is -4.19. The summed E-state index contributed by atoms with van der Waals surface area (Å²) in [5.74, 6) is -1.38. The van der Waals surface area contributed by atoms with Crippen molar-refractivity contribution in [1.82, 2.24) is 24.2 Å². The van der Waals surface area contributed by atoms with Gasteiger partial charge in [0.25, 0.3) is 0 Å². The summed E-state index contributed by atoms with van der Waals surface area (Å²) in [5, 5.41) is 20.7. The van der Waals surface area contributed by atoms with Crippen LogP contribution in [-0.2, 0) is 19.6 Å². The zero-order chi connectivity index (χ0) is 22.2. The largest absolute Gasteiger partial charge is 0.387 e. The summed E-state index contributed by atoms with van der Waals surface area (Å²) >= 11 is 0. The van der Waals surface area contributed by atoms with Crippen molar-refractivity contribution in [3.05, 3.63) is 12.7 Å². The maximum absolute atomic E-state index is 12.4. The van der Waals surface area contributed by atoms with Crippen LogP contribution in [0.1, 0.15) is 26.5 Å². The topological polar surface area (TPSA) is 209 Å². The number of hydrogen-bond donors (Lipinski definition) is 5. The van der Waals surface area contributed by atoms with Crippen LogP contribution in [0.4, 0.5) is 5.82 Å². The molecule has 1 amide bonds. The highest BCUT2D eigenvalue weighted by Crippen LogP contribution is 2.32. The molecule has 14 heteroatoms. The molecule has 1 fully saturated rings. The van der Waals surface area contributed by atoms with Crippen LogP contribution in [-0.4, -0.2) is 74.2 Å². The maximum Gasteiger partial charge on any atom is 0.250 e. The first-order valence-corrected chi connectivity index (χ1v) is 10.9. The predicted molar refractivity (Wildman–Crippen MR) is 105 cm³/mol. The molecule has 0 bridgehead atoms. The number of imidazole rings is 1. The molecule has 2 aromatic rings. The van der Waals surface area contributed by atoms with Gasteiger partial charge in [0.1, 0.15) is 30.2 Å². The highest BCUT2D eigenvalue weighted by Gasteiger charge is 2.46. The smallest absolute Gasteiger partial charge is 0.250 e. The number of aliphatic hydroxyl groups is 2. The van der Waals surface area contributed by atoms with Gasteiger partial charge in [0, 0.05) is 0 Å². The van der Waals surface area contributed by atoms with E-state index < -0.39 is 52.3 Å². The van der Waals surface area contributed by atoms with E-state index in [1.54, 1.807) is 0 Å². The summed E-state index contributed by atoms with van der Waals surface area (Å²) in [6.07, 6.45) is -2.69. The molecule has 0 aromatic carbocycles. The van der Waals surface area contributed by atoms with Gasteiger partial charge in [-0.25, -0.2) is 23.4 Å². The fourth-order valence-electron chi connectivity index (χ4n) is 3.25. The maximum atomic E-state index is 12.4. The Labute approximate surface area is 172 Å². The van der Waals surface area contributed by atoms with Crippen molar-refractivity contribution < 1.29 is 28.2 Å². The molecule has 166 valence electrons. The molecule has 3 heterocycles. The quantitative estimate of drug-likeness (QED) is 0.311. The molecule has 0 radical (unpaired) electrons. The summed E-state index contributed by atoms with van der Waals surface area (Å²) < 4.78 is 33.5.